The van der Waals surface area contributed by atoms with Gasteiger partial charge in [-0.1, -0.05) is 423 Å². The molecule has 123 heavy (non-hydrogen) atoms. The number of aliphatic hydroxyl groups excluding tert-OH is 2. The number of phosphoric acid groups is 2. The third kappa shape index (κ3) is 97.9. The summed E-state index contributed by atoms with van der Waals surface area (Å²) in [6.45, 7) is 2.58. The summed E-state index contributed by atoms with van der Waals surface area (Å²) >= 11 is 0. The fraction of sp³-hybridized carbons (Fsp3) is 0.743. The minimum Gasteiger partial charge on any atom is -0.463 e. The SMILES string of the molecule is CC/C=C\C/C=C\C/C=C\C/C=C\C/C=C\CCCCCCCCCCCCCCCCCCCCCC(=O)OCC(O)COP(=O)(O)OCC(O)COP(=O)(O)OCC(COC(=O)CCCCCCCCCCCCCCCCCCC/C=C\C/C=C\C/C=C\C/C=C\CCCCC)OC(=O)CCCCCCCC/C=C\C/C=C\C/C=C\CCCCC. The Hall–Kier alpha value is -4.57. The van der Waals surface area contributed by atoms with Gasteiger partial charge < -0.3 is 34.2 Å². The molecule has 0 bridgehead atoms. The molecule has 0 aliphatic heterocycles. The van der Waals surface area contributed by atoms with Gasteiger partial charge in [-0.25, -0.2) is 9.13 Å². The molecule has 0 aromatic rings. The zero-order valence-electron chi connectivity index (χ0n) is 78.6. The van der Waals surface area contributed by atoms with Crippen LogP contribution in [0.15, 0.2) is 146 Å². The first-order valence-electron chi connectivity index (χ1n) is 50.1. The Morgan fingerprint density at radius 3 is 0.683 bits per heavy atom. The predicted octanol–water partition coefficient (Wildman–Crippen LogP) is 31.5. The molecule has 0 aromatic heterocycles. The molecule has 0 aliphatic carbocycles. The Balaban J connectivity index is 4.48. The summed E-state index contributed by atoms with van der Waals surface area (Å²) in [6, 6.07) is 0. The molecule has 4 N–H and O–H groups in total. The zero-order chi connectivity index (χ0) is 89.3. The van der Waals surface area contributed by atoms with Crippen molar-refractivity contribution >= 4 is 33.6 Å². The van der Waals surface area contributed by atoms with Gasteiger partial charge in [-0.15, -0.1) is 0 Å². The highest BCUT2D eigenvalue weighted by Gasteiger charge is 2.30. The second kappa shape index (κ2) is 96.5. The summed E-state index contributed by atoms with van der Waals surface area (Å²) in [4.78, 5) is 59.1. The van der Waals surface area contributed by atoms with E-state index < -0.39 is 91.5 Å². The van der Waals surface area contributed by atoms with Gasteiger partial charge in [-0.3, -0.25) is 32.5 Å². The second-order valence-corrected chi connectivity index (χ2v) is 36.5. The van der Waals surface area contributed by atoms with Crippen LogP contribution in [0.3, 0.4) is 0 Å². The predicted molar refractivity (Wildman–Crippen MR) is 519 cm³/mol. The fourth-order valence-corrected chi connectivity index (χ4v) is 15.5. The van der Waals surface area contributed by atoms with Gasteiger partial charge in [0.05, 0.1) is 26.4 Å². The molecule has 0 aromatic carbocycles. The van der Waals surface area contributed by atoms with Gasteiger partial charge in [-0.2, -0.15) is 0 Å². The maximum absolute atomic E-state index is 13.1. The number of esters is 3. The van der Waals surface area contributed by atoms with Crippen molar-refractivity contribution in [2.24, 2.45) is 0 Å². The van der Waals surface area contributed by atoms with Crippen molar-refractivity contribution < 1.29 is 75.8 Å². The molecule has 18 heteroatoms. The van der Waals surface area contributed by atoms with Gasteiger partial charge in [-0.05, 0) is 148 Å². The molecule has 0 amide bonds. The van der Waals surface area contributed by atoms with Gasteiger partial charge >= 0.3 is 33.6 Å². The van der Waals surface area contributed by atoms with E-state index in [0.29, 0.717) is 19.3 Å². The Labute approximate surface area is 753 Å². The molecule has 0 heterocycles. The zero-order valence-corrected chi connectivity index (χ0v) is 80.4. The number of allylic oxidation sites excluding steroid dienone is 24. The standard InChI is InChI=1S/C105H184O16P2/c1-4-7-10-13-16-19-22-25-28-31-34-36-38-40-42-44-46-48-49-51-53-54-56-58-60-62-65-67-70-73-76-79-82-85-88-91-103(108)115-94-100(106)95-117-122(111,112)118-96-101(107)97-119-123(113,114)120-99-102(121-105(110)93-90-87-84-81-78-75-72-69-64-33-30-27-24-21-18-15-12-9-6-3)98-116-104(109)92-89-86-83-80-77-74-71-68-66-63-61-59-57-55-52-50-47-45-43-41-39-37-35-32-29-26-23-20-17-14-11-8-5-2/h7,10,16-21,25-30,34-37,40-43,64,69,100-102,106-107H,4-6,8-9,11-15,22-24,31-33,38-39,44-63,65-68,70-99H2,1-3H3,(H,111,112)(H,113,114)/b10-7-,19-16-,20-17-,21-18-,28-25-,29-26-,30-27-,36-34-,37-35-,42-40-,43-41-,69-64-. The average Bonchev–Trinajstić information content (AvgIpc) is 0.899. The molecule has 0 radical (unpaired) electrons. The lowest BCUT2D eigenvalue weighted by Crippen LogP contribution is -2.30. The van der Waals surface area contributed by atoms with Gasteiger partial charge in [0.25, 0.3) is 0 Å². The molecule has 0 rings (SSSR count). The smallest absolute Gasteiger partial charge is 0.463 e. The van der Waals surface area contributed by atoms with Crippen LogP contribution in [0, 0.1) is 0 Å². The number of hydrogen-bond acceptors (Lipinski definition) is 14. The van der Waals surface area contributed by atoms with Crippen LogP contribution in [0.1, 0.15) is 445 Å². The summed E-state index contributed by atoms with van der Waals surface area (Å²) < 4.78 is 61.6. The van der Waals surface area contributed by atoms with Gasteiger partial charge in [0.15, 0.2) is 6.10 Å². The molecule has 16 nitrogen and oxygen atoms in total. The molecule has 0 saturated carbocycles. The molecule has 0 saturated heterocycles. The van der Waals surface area contributed by atoms with Crippen molar-refractivity contribution in [2.75, 3.05) is 39.6 Å². The highest BCUT2D eigenvalue weighted by atomic mass is 31.2. The minimum absolute atomic E-state index is 0.0901. The molecule has 0 aliphatic rings. The van der Waals surface area contributed by atoms with Crippen LogP contribution in [0.5, 0.6) is 0 Å². The van der Waals surface area contributed by atoms with Crippen LogP contribution in [0.25, 0.3) is 0 Å². The second-order valence-electron chi connectivity index (χ2n) is 33.5. The van der Waals surface area contributed by atoms with Crippen LogP contribution < -0.4 is 0 Å². The van der Waals surface area contributed by atoms with Crippen molar-refractivity contribution in [1.82, 2.24) is 0 Å². The molecule has 5 atom stereocenters. The third-order valence-corrected chi connectivity index (χ3v) is 23.4. The maximum Gasteiger partial charge on any atom is 0.472 e. The third-order valence-electron chi connectivity index (χ3n) is 21.5. The summed E-state index contributed by atoms with van der Waals surface area (Å²) in [5, 5.41) is 20.8. The van der Waals surface area contributed by atoms with E-state index in [1.54, 1.807) is 0 Å². The summed E-state index contributed by atoms with van der Waals surface area (Å²) in [5.74, 6) is -1.57. The molecule has 5 unspecified atom stereocenters. The summed E-state index contributed by atoms with van der Waals surface area (Å²) in [5.41, 5.74) is 0. The molecule has 710 valence electrons. The lowest BCUT2D eigenvalue weighted by molar-refractivity contribution is -0.161. The first kappa shape index (κ1) is 118. The summed E-state index contributed by atoms with van der Waals surface area (Å²) in [6.07, 6.45) is 123. The Morgan fingerprint density at radius 2 is 0.431 bits per heavy atom. The Bertz CT molecular complexity index is 2820. The normalized spacial score (nSPS) is 14.3. The van der Waals surface area contributed by atoms with Crippen molar-refractivity contribution in [1.29, 1.82) is 0 Å². The monoisotopic (exact) mass is 1760 g/mol. The van der Waals surface area contributed by atoms with E-state index in [2.05, 4.69) is 167 Å². The van der Waals surface area contributed by atoms with Crippen molar-refractivity contribution in [3.63, 3.8) is 0 Å². The number of aliphatic hydroxyl groups is 2. The lowest BCUT2D eigenvalue weighted by atomic mass is 10.0. The number of carbonyl (C=O) groups excluding carboxylic acids is 3. The van der Waals surface area contributed by atoms with Crippen molar-refractivity contribution in [2.45, 2.75) is 463 Å². The number of hydrogen-bond donors (Lipinski definition) is 4. The Kier molecular flexibility index (Phi) is 92.9. The minimum atomic E-state index is -4.95. The van der Waals surface area contributed by atoms with E-state index in [9.17, 15) is 43.5 Å². The van der Waals surface area contributed by atoms with E-state index in [-0.39, 0.29) is 19.3 Å². The topological polar surface area (TPSA) is 231 Å². The number of phosphoric ester groups is 2. The van der Waals surface area contributed by atoms with E-state index in [1.165, 1.54) is 238 Å². The first-order chi connectivity index (χ1) is 60.2. The highest BCUT2D eigenvalue weighted by Crippen LogP contribution is 2.45. The molecule has 0 spiro atoms. The largest absolute Gasteiger partial charge is 0.472 e. The van der Waals surface area contributed by atoms with Crippen molar-refractivity contribution in [3.8, 4) is 0 Å². The van der Waals surface area contributed by atoms with Crippen molar-refractivity contribution in [3.05, 3.63) is 146 Å². The molecular weight excluding hydrogens is 1580 g/mol. The first-order valence-corrected chi connectivity index (χ1v) is 53.1. The Morgan fingerprint density at radius 1 is 0.236 bits per heavy atom. The lowest BCUT2D eigenvalue weighted by Gasteiger charge is -2.21. The van der Waals surface area contributed by atoms with E-state index >= 15 is 0 Å². The summed E-state index contributed by atoms with van der Waals surface area (Å²) in [7, 11) is -9.81. The van der Waals surface area contributed by atoms with Crippen LogP contribution in [-0.4, -0.2) is 95.9 Å². The quantitative estimate of drug-likeness (QED) is 0.0146. The van der Waals surface area contributed by atoms with Crippen LogP contribution in [0.2, 0.25) is 0 Å². The number of carbonyl (C=O) groups is 3. The van der Waals surface area contributed by atoms with Gasteiger partial charge in [0.2, 0.25) is 0 Å². The van der Waals surface area contributed by atoms with Crippen LogP contribution in [0.4, 0.5) is 0 Å². The van der Waals surface area contributed by atoms with E-state index in [1.807, 2.05) is 0 Å². The number of rotatable bonds is 95. The van der Waals surface area contributed by atoms with E-state index in [4.69, 9.17) is 32.3 Å². The van der Waals surface area contributed by atoms with Crippen LogP contribution in [-0.2, 0) is 55.8 Å². The highest BCUT2D eigenvalue weighted by molar-refractivity contribution is 7.47. The molecular formula is C105H184O16P2. The fourth-order valence-electron chi connectivity index (χ4n) is 13.9. The molecule has 0 fully saturated rings. The van der Waals surface area contributed by atoms with Crippen LogP contribution >= 0.6 is 15.6 Å². The number of ether oxygens (including phenoxy) is 3. The van der Waals surface area contributed by atoms with Gasteiger partial charge in [0, 0.05) is 19.3 Å². The maximum atomic E-state index is 13.1. The number of unbranched alkanes of at least 4 members (excludes halogenated alkanes) is 48. The average molecular weight is 1760 g/mol. The van der Waals surface area contributed by atoms with Gasteiger partial charge in [0.1, 0.15) is 25.4 Å². The van der Waals surface area contributed by atoms with E-state index in [0.717, 1.165) is 148 Å².